The smallest absolute Gasteiger partial charge is 0.408 e. The van der Waals surface area contributed by atoms with Crippen LogP contribution in [0.5, 0.6) is 5.75 Å². The number of hydrogen-bond acceptors (Lipinski definition) is 7. The molecule has 1 N–H and O–H groups in total. The van der Waals surface area contributed by atoms with Crippen LogP contribution in [0.4, 0.5) is 4.79 Å². The average Bonchev–Trinajstić information content (AvgIpc) is 2.86. The zero-order chi connectivity index (χ0) is 26.1. The van der Waals surface area contributed by atoms with E-state index < -0.39 is 11.7 Å². The highest BCUT2D eigenvalue weighted by Crippen LogP contribution is 2.22. The van der Waals surface area contributed by atoms with Gasteiger partial charge in [0.05, 0.1) is 12.7 Å². The number of amides is 2. The number of benzene rings is 2. The molecular weight excluding hydrogens is 462 g/mol. The van der Waals surface area contributed by atoms with Gasteiger partial charge in [-0.25, -0.2) is 9.59 Å². The zero-order valence-corrected chi connectivity index (χ0v) is 21.4. The number of nitrogens with one attached hydrogen (secondary N) is 1. The highest BCUT2D eigenvalue weighted by molar-refractivity contribution is 5.89. The summed E-state index contributed by atoms with van der Waals surface area (Å²) in [5.41, 5.74) is 1.91. The Morgan fingerprint density at radius 3 is 2.25 bits per heavy atom. The average molecular weight is 498 g/mol. The van der Waals surface area contributed by atoms with E-state index in [1.807, 2.05) is 36.4 Å². The van der Waals surface area contributed by atoms with Gasteiger partial charge in [0.1, 0.15) is 24.5 Å². The summed E-state index contributed by atoms with van der Waals surface area (Å²) in [4.78, 5) is 39.9. The summed E-state index contributed by atoms with van der Waals surface area (Å²) in [5, 5.41) is 2.53. The normalized spacial score (nSPS) is 14.2. The molecule has 1 heterocycles. The lowest BCUT2D eigenvalue weighted by molar-refractivity contribution is -0.132. The minimum Gasteiger partial charge on any atom is -0.489 e. The molecule has 3 rings (SSSR count). The maximum absolute atomic E-state index is 12.5. The Morgan fingerprint density at radius 2 is 1.61 bits per heavy atom. The zero-order valence-electron chi connectivity index (χ0n) is 21.4. The van der Waals surface area contributed by atoms with Crippen molar-refractivity contribution in [1.82, 2.24) is 15.1 Å². The molecule has 0 atom stereocenters. The van der Waals surface area contributed by atoms with Crippen molar-refractivity contribution in [2.75, 3.05) is 39.8 Å². The number of hydrogen-bond donors (Lipinski definition) is 1. The molecule has 2 amide bonds. The SMILES string of the molecule is COC(=O)c1ccc(COc2ccccc2CN2CCN(C(=O)CNC(=O)OC(C)(C)C)CC2)cc1. The van der Waals surface area contributed by atoms with E-state index in [9.17, 15) is 14.4 Å². The lowest BCUT2D eigenvalue weighted by Gasteiger charge is -2.35. The van der Waals surface area contributed by atoms with Gasteiger partial charge < -0.3 is 24.4 Å². The summed E-state index contributed by atoms with van der Waals surface area (Å²) in [7, 11) is 1.36. The Labute approximate surface area is 212 Å². The number of carbonyl (C=O) groups is 3. The fourth-order valence-corrected chi connectivity index (χ4v) is 3.76. The second-order valence-electron chi connectivity index (χ2n) is 9.60. The van der Waals surface area contributed by atoms with Gasteiger partial charge in [-0.15, -0.1) is 0 Å². The number of piperazine rings is 1. The van der Waals surface area contributed by atoms with E-state index in [0.29, 0.717) is 31.8 Å². The van der Waals surface area contributed by atoms with Crippen molar-refractivity contribution in [1.29, 1.82) is 0 Å². The third-order valence-electron chi connectivity index (χ3n) is 5.64. The first-order valence-corrected chi connectivity index (χ1v) is 12.0. The number of alkyl carbamates (subject to hydrolysis) is 1. The van der Waals surface area contributed by atoms with Gasteiger partial charge in [-0.3, -0.25) is 9.69 Å². The van der Waals surface area contributed by atoms with Gasteiger partial charge in [0.25, 0.3) is 0 Å². The standard InChI is InChI=1S/C27H35N3O6/c1-27(2,3)36-26(33)28-17-24(31)30-15-13-29(14-16-30)18-22-7-5-6-8-23(22)35-19-20-9-11-21(12-10-20)25(32)34-4/h5-12H,13-19H2,1-4H3,(H,28,33). The van der Waals surface area contributed by atoms with Crippen molar-refractivity contribution < 1.29 is 28.6 Å². The largest absolute Gasteiger partial charge is 0.489 e. The Balaban J connectivity index is 1.47. The molecule has 9 heteroatoms. The van der Waals surface area contributed by atoms with Crippen molar-refractivity contribution in [2.45, 2.75) is 39.5 Å². The molecule has 9 nitrogen and oxygen atoms in total. The summed E-state index contributed by atoms with van der Waals surface area (Å²) < 4.78 is 16.0. The minimum absolute atomic E-state index is 0.0772. The van der Waals surface area contributed by atoms with E-state index in [4.69, 9.17) is 14.2 Å². The van der Waals surface area contributed by atoms with Crippen LogP contribution < -0.4 is 10.1 Å². The van der Waals surface area contributed by atoms with Crippen molar-refractivity contribution in [2.24, 2.45) is 0 Å². The molecule has 1 fully saturated rings. The molecule has 2 aromatic rings. The third kappa shape index (κ3) is 8.27. The molecule has 0 radical (unpaired) electrons. The molecule has 0 aromatic heterocycles. The second kappa shape index (κ2) is 12.4. The van der Waals surface area contributed by atoms with Gasteiger partial charge >= 0.3 is 12.1 Å². The number of para-hydroxylation sites is 1. The molecule has 0 bridgehead atoms. The van der Waals surface area contributed by atoms with Crippen LogP contribution in [-0.2, 0) is 27.4 Å². The molecule has 1 aliphatic heterocycles. The first kappa shape index (κ1) is 27.0. The number of esters is 1. The van der Waals surface area contributed by atoms with E-state index in [2.05, 4.69) is 10.2 Å². The quantitative estimate of drug-likeness (QED) is 0.559. The maximum Gasteiger partial charge on any atom is 0.408 e. The monoisotopic (exact) mass is 497 g/mol. The fourth-order valence-electron chi connectivity index (χ4n) is 3.76. The molecule has 0 saturated carbocycles. The number of methoxy groups -OCH3 is 1. The number of nitrogens with zero attached hydrogens (tertiary/aromatic N) is 2. The highest BCUT2D eigenvalue weighted by Gasteiger charge is 2.23. The molecule has 2 aromatic carbocycles. The Kier molecular flexibility index (Phi) is 9.30. The van der Waals surface area contributed by atoms with E-state index in [-0.39, 0.29) is 18.4 Å². The van der Waals surface area contributed by atoms with Crippen LogP contribution in [0.2, 0.25) is 0 Å². The van der Waals surface area contributed by atoms with Crippen LogP contribution in [0, 0.1) is 0 Å². The van der Waals surface area contributed by atoms with Crippen LogP contribution in [0.15, 0.2) is 48.5 Å². The van der Waals surface area contributed by atoms with Gasteiger partial charge in [0.15, 0.2) is 0 Å². The predicted molar refractivity (Wildman–Crippen MR) is 135 cm³/mol. The molecule has 1 aliphatic rings. The maximum atomic E-state index is 12.5. The van der Waals surface area contributed by atoms with Crippen molar-refractivity contribution in [3.05, 3.63) is 65.2 Å². The highest BCUT2D eigenvalue weighted by atomic mass is 16.6. The lowest BCUT2D eigenvalue weighted by atomic mass is 10.1. The molecule has 36 heavy (non-hydrogen) atoms. The van der Waals surface area contributed by atoms with Crippen molar-refractivity contribution in [3.63, 3.8) is 0 Å². The van der Waals surface area contributed by atoms with E-state index >= 15 is 0 Å². The van der Waals surface area contributed by atoms with Gasteiger partial charge in [0, 0.05) is 38.3 Å². The molecule has 0 unspecified atom stereocenters. The summed E-state index contributed by atoms with van der Waals surface area (Å²) in [6.45, 7) is 8.96. The van der Waals surface area contributed by atoms with Gasteiger partial charge in [-0.1, -0.05) is 30.3 Å². The van der Waals surface area contributed by atoms with E-state index in [1.54, 1.807) is 37.8 Å². The lowest BCUT2D eigenvalue weighted by Crippen LogP contribution is -2.51. The number of ether oxygens (including phenoxy) is 3. The van der Waals surface area contributed by atoms with Crippen LogP contribution in [0.3, 0.4) is 0 Å². The molecule has 194 valence electrons. The van der Waals surface area contributed by atoms with Gasteiger partial charge in [-0.2, -0.15) is 0 Å². The van der Waals surface area contributed by atoms with Gasteiger partial charge in [-0.05, 0) is 44.5 Å². The summed E-state index contributed by atoms with van der Waals surface area (Å²) in [6.07, 6.45) is -0.592. The third-order valence-corrected chi connectivity index (χ3v) is 5.64. The van der Waals surface area contributed by atoms with Crippen molar-refractivity contribution in [3.8, 4) is 5.75 Å². The Hall–Kier alpha value is -3.59. The first-order chi connectivity index (χ1) is 17.1. The Bertz CT molecular complexity index is 1040. The van der Waals surface area contributed by atoms with Crippen LogP contribution in [0.1, 0.15) is 42.3 Å². The first-order valence-electron chi connectivity index (χ1n) is 12.0. The summed E-state index contributed by atoms with van der Waals surface area (Å²) in [5.74, 6) is 0.311. The number of carbonyl (C=O) groups excluding carboxylic acids is 3. The van der Waals surface area contributed by atoms with Crippen LogP contribution in [0.25, 0.3) is 0 Å². The van der Waals surface area contributed by atoms with E-state index in [0.717, 1.165) is 30.0 Å². The van der Waals surface area contributed by atoms with Crippen LogP contribution in [-0.4, -0.2) is 73.2 Å². The van der Waals surface area contributed by atoms with E-state index in [1.165, 1.54) is 7.11 Å². The van der Waals surface area contributed by atoms with Gasteiger partial charge in [0.2, 0.25) is 5.91 Å². The summed E-state index contributed by atoms with van der Waals surface area (Å²) >= 11 is 0. The number of rotatable bonds is 8. The molecular formula is C27H35N3O6. The van der Waals surface area contributed by atoms with Crippen LogP contribution >= 0.6 is 0 Å². The second-order valence-corrected chi connectivity index (χ2v) is 9.60. The molecule has 1 saturated heterocycles. The van der Waals surface area contributed by atoms with Crippen molar-refractivity contribution >= 4 is 18.0 Å². The molecule has 0 spiro atoms. The summed E-state index contributed by atoms with van der Waals surface area (Å²) in [6, 6.07) is 15.0. The fraction of sp³-hybridized carbons (Fsp3) is 0.444. The Morgan fingerprint density at radius 1 is 0.944 bits per heavy atom. The molecule has 0 aliphatic carbocycles. The minimum atomic E-state index is -0.603. The predicted octanol–water partition coefficient (Wildman–Crippen LogP) is 3.22. The topological polar surface area (TPSA) is 97.4 Å².